The molecule has 1 atom stereocenters. The number of phenolic OH excluding ortho intramolecular Hbond substituents is 1. The molecule has 0 bridgehead atoms. The van der Waals surface area contributed by atoms with Gasteiger partial charge in [-0.1, -0.05) is 30.3 Å². The van der Waals surface area contributed by atoms with E-state index in [9.17, 15) is 14.7 Å². The lowest BCUT2D eigenvalue weighted by Gasteiger charge is -2.19. The van der Waals surface area contributed by atoms with Crippen molar-refractivity contribution in [1.82, 2.24) is 9.80 Å². The Labute approximate surface area is 140 Å². The highest BCUT2D eigenvalue weighted by molar-refractivity contribution is 6.09. The number of hydrogen-bond acceptors (Lipinski definition) is 4. The monoisotopic (exact) mass is 328 g/mol. The van der Waals surface area contributed by atoms with Crippen molar-refractivity contribution in [3.8, 4) is 5.75 Å². The van der Waals surface area contributed by atoms with Crippen LogP contribution in [0.5, 0.6) is 5.75 Å². The summed E-state index contributed by atoms with van der Waals surface area (Å²) in [5, 5.41) is 11.8. The standard InChI is InChI=1S/C18H20N2O4/c1-19(2)18(23)24-13-9-10-20(11-13)17(22)16-14-6-4-3-5-12(14)7-8-15(16)21/h3-8,13,21H,9-11H2,1-2H3. The second kappa shape index (κ2) is 6.39. The maximum absolute atomic E-state index is 12.9. The summed E-state index contributed by atoms with van der Waals surface area (Å²) in [6.45, 7) is 0.827. The molecule has 3 rings (SSSR count). The zero-order valence-electron chi connectivity index (χ0n) is 13.7. The molecule has 1 aliphatic heterocycles. The smallest absolute Gasteiger partial charge is 0.409 e. The number of benzene rings is 2. The van der Waals surface area contributed by atoms with Gasteiger partial charge >= 0.3 is 6.09 Å². The van der Waals surface area contributed by atoms with Gasteiger partial charge in [-0.15, -0.1) is 0 Å². The van der Waals surface area contributed by atoms with E-state index >= 15 is 0 Å². The first-order chi connectivity index (χ1) is 11.5. The molecule has 6 nitrogen and oxygen atoms in total. The van der Waals surface area contributed by atoms with Crippen LogP contribution in [0.2, 0.25) is 0 Å². The van der Waals surface area contributed by atoms with Gasteiger partial charge in [0.25, 0.3) is 5.91 Å². The molecule has 1 N–H and O–H groups in total. The molecule has 2 aromatic rings. The van der Waals surface area contributed by atoms with Gasteiger partial charge in [-0.05, 0) is 16.8 Å². The Balaban J connectivity index is 1.81. The van der Waals surface area contributed by atoms with Gasteiger partial charge in [0, 0.05) is 27.1 Å². The first-order valence-electron chi connectivity index (χ1n) is 7.85. The van der Waals surface area contributed by atoms with Crippen molar-refractivity contribution >= 4 is 22.8 Å². The summed E-state index contributed by atoms with van der Waals surface area (Å²) in [6, 6.07) is 10.8. The molecule has 1 saturated heterocycles. The molecule has 1 aliphatic rings. The van der Waals surface area contributed by atoms with Crippen LogP contribution in [0.3, 0.4) is 0 Å². The van der Waals surface area contributed by atoms with Crippen molar-refractivity contribution in [2.24, 2.45) is 0 Å². The maximum atomic E-state index is 12.9. The van der Waals surface area contributed by atoms with Gasteiger partial charge in [-0.3, -0.25) is 4.79 Å². The Hall–Kier alpha value is -2.76. The summed E-state index contributed by atoms with van der Waals surface area (Å²) in [7, 11) is 3.24. The van der Waals surface area contributed by atoms with Crippen LogP contribution in [0.1, 0.15) is 16.8 Å². The molecule has 2 amide bonds. The quantitative estimate of drug-likeness (QED) is 0.919. The molecule has 1 fully saturated rings. The Bertz CT molecular complexity index is 788. The van der Waals surface area contributed by atoms with E-state index < -0.39 is 6.09 Å². The summed E-state index contributed by atoms with van der Waals surface area (Å²) < 4.78 is 5.34. The van der Waals surface area contributed by atoms with Gasteiger partial charge in [0.05, 0.1) is 12.1 Å². The van der Waals surface area contributed by atoms with E-state index in [1.165, 1.54) is 11.0 Å². The zero-order valence-corrected chi connectivity index (χ0v) is 13.7. The van der Waals surface area contributed by atoms with Crippen LogP contribution in [0.4, 0.5) is 4.79 Å². The fraction of sp³-hybridized carbons (Fsp3) is 0.333. The molecule has 0 saturated carbocycles. The summed E-state index contributed by atoms with van der Waals surface area (Å²) in [4.78, 5) is 27.5. The maximum Gasteiger partial charge on any atom is 0.409 e. The number of ether oxygens (including phenoxy) is 1. The minimum atomic E-state index is -0.415. The number of likely N-dealkylation sites (tertiary alicyclic amines) is 1. The van der Waals surface area contributed by atoms with Crippen molar-refractivity contribution in [1.29, 1.82) is 0 Å². The number of fused-ring (bicyclic) bond motifs is 1. The molecule has 1 heterocycles. The van der Waals surface area contributed by atoms with Crippen LogP contribution in [-0.2, 0) is 4.74 Å². The predicted octanol–water partition coefficient (Wildman–Crippen LogP) is 2.46. The van der Waals surface area contributed by atoms with Gasteiger partial charge in [0.2, 0.25) is 0 Å². The minimum Gasteiger partial charge on any atom is -0.507 e. The minimum absolute atomic E-state index is 0.0348. The van der Waals surface area contributed by atoms with E-state index in [0.29, 0.717) is 25.1 Å². The van der Waals surface area contributed by atoms with E-state index in [0.717, 1.165) is 10.8 Å². The topological polar surface area (TPSA) is 70.1 Å². The number of hydrogen-bond donors (Lipinski definition) is 1. The van der Waals surface area contributed by atoms with Crippen molar-refractivity contribution in [3.05, 3.63) is 42.0 Å². The normalized spacial score (nSPS) is 17.1. The number of carbonyl (C=O) groups is 2. The van der Waals surface area contributed by atoms with E-state index in [4.69, 9.17) is 4.74 Å². The van der Waals surface area contributed by atoms with E-state index in [1.54, 1.807) is 25.1 Å². The summed E-state index contributed by atoms with van der Waals surface area (Å²) in [5.74, 6) is -0.278. The van der Waals surface area contributed by atoms with Gasteiger partial charge in [-0.2, -0.15) is 0 Å². The average Bonchev–Trinajstić information content (AvgIpc) is 3.02. The van der Waals surface area contributed by atoms with Crippen LogP contribution in [0.25, 0.3) is 10.8 Å². The Kier molecular flexibility index (Phi) is 4.29. The zero-order chi connectivity index (χ0) is 17.3. The van der Waals surface area contributed by atoms with Gasteiger partial charge in [-0.25, -0.2) is 4.79 Å². The van der Waals surface area contributed by atoms with Crippen molar-refractivity contribution in [2.45, 2.75) is 12.5 Å². The SMILES string of the molecule is CN(C)C(=O)OC1CCN(C(=O)c2c(O)ccc3ccccc23)C1. The lowest BCUT2D eigenvalue weighted by molar-refractivity contribution is 0.0664. The number of aromatic hydroxyl groups is 1. The molecule has 2 aromatic carbocycles. The predicted molar refractivity (Wildman–Crippen MR) is 90.1 cm³/mol. The number of amides is 2. The van der Waals surface area contributed by atoms with Crippen LogP contribution >= 0.6 is 0 Å². The fourth-order valence-electron chi connectivity index (χ4n) is 2.90. The Morgan fingerprint density at radius 2 is 1.96 bits per heavy atom. The highest BCUT2D eigenvalue weighted by Gasteiger charge is 2.31. The van der Waals surface area contributed by atoms with Crippen LogP contribution in [0, 0.1) is 0 Å². The third-order valence-electron chi connectivity index (χ3n) is 4.19. The second-order valence-electron chi connectivity index (χ2n) is 6.12. The average molecular weight is 328 g/mol. The lowest BCUT2D eigenvalue weighted by Crippen LogP contribution is -2.33. The first kappa shape index (κ1) is 16.1. The molecule has 6 heteroatoms. The van der Waals surface area contributed by atoms with Crippen molar-refractivity contribution in [3.63, 3.8) is 0 Å². The molecule has 0 aromatic heterocycles. The first-order valence-corrected chi connectivity index (χ1v) is 7.85. The number of rotatable bonds is 2. The third-order valence-corrected chi connectivity index (χ3v) is 4.19. The van der Waals surface area contributed by atoms with Gasteiger partial charge < -0.3 is 19.6 Å². The summed E-state index contributed by atoms with van der Waals surface area (Å²) in [5.41, 5.74) is 0.299. The number of phenols is 1. The largest absolute Gasteiger partial charge is 0.507 e. The van der Waals surface area contributed by atoms with E-state index in [-0.39, 0.29) is 17.8 Å². The van der Waals surface area contributed by atoms with Crippen LogP contribution in [-0.4, -0.2) is 60.2 Å². The molecule has 0 aliphatic carbocycles. The molecule has 126 valence electrons. The van der Waals surface area contributed by atoms with E-state index in [2.05, 4.69) is 0 Å². The van der Waals surface area contributed by atoms with Crippen LogP contribution in [0.15, 0.2) is 36.4 Å². The van der Waals surface area contributed by atoms with Crippen LogP contribution < -0.4 is 0 Å². The Morgan fingerprint density at radius 1 is 1.21 bits per heavy atom. The molecule has 0 radical (unpaired) electrons. The summed E-state index contributed by atoms with van der Waals surface area (Å²) in [6.07, 6.45) is -0.139. The molecule has 1 unspecified atom stereocenters. The third kappa shape index (κ3) is 2.99. The fourth-order valence-corrected chi connectivity index (χ4v) is 2.90. The lowest BCUT2D eigenvalue weighted by atomic mass is 10.0. The van der Waals surface area contributed by atoms with E-state index in [1.807, 2.05) is 24.3 Å². The second-order valence-corrected chi connectivity index (χ2v) is 6.12. The van der Waals surface area contributed by atoms with Gasteiger partial charge in [0.1, 0.15) is 11.9 Å². The Morgan fingerprint density at radius 3 is 2.71 bits per heavy atom. The molecule has 0 spiro atoms. The van der Waals surface area contributed by atoms with Crippen molar-refractivity contribution < 1.29 is 19.4 Å². The highest BCUT2D eigenvalue weighted by Crippen LogP contribution is 2.29. The molecular weight excluding hydrogens is 308 g/mol. The summed E-state index contributed by atoms with van der Waals surface area (Å²) >= 11 is 0. The highest BCUT2D eigenvalue weighted by atomic mass is 16.6. The number of nitrogens with zero attached hydrogens (tertiary/aromatic N) is 2. The van der Waals surface area contributed by atoms with Crippen molar-refractivity contribution in [2.75, 3.05) is 27.2 Å². The molecular formula is C18H20N2O4. The number of carbonyl (C=O) groups excluding carboxylic acids is 2. The van der Waals surface area contributed by atoms with Gasteiger partial charge in [0.15, 0.2) is 0 Å². The molecule has 24 heavy (non-hydrogen) atoms.